The minimum absolute atomic E-state index is 0.674. The van der Waals surface area contributed by atoms with Crippen LogP contribution >= 0.6 is 0 Å². The zero-order valence-corrected chi connectivity index (χ0v) is 11.4. The van der Waals surface area contributed by atoms with Crippen LogP contribution in [0.5, 0.6) is 0 Å². The Hall–Kier alpha value is -0.820. The van der Waals surface area contributed by atoms with Crippen LogP contribution in [0.25, 0.3) is 0 Å². The summed E-state index contributed by atoms with van der Waals surface area (Å²) in [5.41, 5.74) is 4.60. The lowest BCUT2D eigenvalue weighted by molar-refractivity contribution is 0.410. The molecule has 0 aliphatic heterocycles. The summed E-state index contributed by atoms with van der Waals surface area (Å²) < 4.78 is 0. The van der Waals surface area contributed by atoms with Gasteiger partial charge in [0.15, 0.2) is 0 Å². The van der Waals surface area contributed by atoms with Gasteiger partial charge in [0.2, 0.25) is 0 Å². The second-order valence-corrected chi connectivity index (χ2v) is 5.30. The third-order valence-electron chi connectivity index (χ3n) is 3.98. The molecule has 2 atom stereocenters. The highest BCUT2D eigenvalue weighted by Gasteiger charge is 2.28. The summed E-state index contributed by atoms with van der Waals surface area (Å²) in [6.45, 7) is 7.80. The fraction of sp³-hybridized carbons (Fsp3) is 0.625. The molecule has 0 bridgehead atoms. The Morgan fingerprint density at radius 1 is 1.35 bits per heavy atom. The summed E-state index contributed by atoms with van der Waals surface area (Å²) in [5.74, 6) is 0.741. The van der Waals surface area contributed by atoms with Crippen LogP contribution in [-0.2, 0) is 6.42 Å². The van der Waals surface area contributed by atoms with Crippen LogP contribution in [0.2, 0.25) is 0 Å². The van der Waals surface area contributed by atoms with Gasteiger partial charge in [0.25, 0.3) is 0 Å². The third-order valence-corrected chi connectivity index (χ3v) is 3.98. The Morgan fingerprint density at radius 3 is 2.88 bits per heavy atom. The van der Waals surface area contributed by atoms with Crippen LogP contribution in [0, 0.1) is 6.92 Å². The van der Waals surface area contributed by atoms with E-state index >= 15 is 0 Å². The molecule has 1 N–H and O–H groups in total. The number of likely N-dealkylation sites (N-methyl/N-ethyl adjacent to an activating group) is 1. The number of nitrogens with one attached hydrogen (secondary N) is 1. The van der Waals surface area contributed by atoms with Gasteiger partial charge in [-0.1, -0.05) is 44.0 Å². The zero-order valence-electron chi connectivity index (χ0n) is 11.4. The molecule has 0 saturated carbocycles. The van der Waals surface area contributed by atoms with E-state index in [-0.39, 0.29) is 0 Å². The van der Waals surface area contributed by atoms with Gasteiger partial charge in [-0.2, -0.15) is 0 Å². The lowest BCUT2D eigenvalue weighted by Gasteiger charge is -2.25. The summed E-state index contributed by atoms with van der Waals surface area (Å²) >= 11 is 0. The summed E-state index contributed by atoms with van der Waals surface area (Å²) in [6, 6.07) is 7.67. The SMILES string of the molecule is CCCC(NCC)C1CCc2ccc(C)cc21. The maximum absolute atomic E-state index is 3.69. The highest BCUT2D eigenvalue weighted by molar-refractivity contribution is 5.39. The Bertz CT molecular complexity index is 364. The van der Waals surface area contributed by atoms with E-state index in [2.05, 4.69) is 44.3 Å². The van der Waals surface area contributed by atoms with E-state index < -0.39 is 0 Å². The largest absolute Gasteiger partial charge is 0.314 e. The first-order valence-corrected chi connectivity index (χ1v) is 7.09. The molecule has 0 fully saturated rings. The normalized spacial score (nSPS) is 20.3. The zero-order chi connectivity index (χ0) is 12.3. The molecule has 1 aliphatic rings. The molecule has 94 valence electrons. The molecule has 0 heterocycles. The number of benzene rings is 1. The van der Waals surface area contributed by atoms with Crippen LogP contribution in [0.15, 0.2) is 18.2 Å². The lowest BCUT2D eigenvalue weighted by Crippen LogP contribution is -2.33. The average Bonchev–Trinajstić information content (AvgIpc) is 2.71. The fourth-order valence-electron chi connectivity index (χ4n) is 3.19. The maximum Gasteiger partial charge on any atom is 0.0136 e. The molecule has 17 heavy (non-hydrogen) atoms. The molecule has 0 aromatic heterocycles. The quantitative estimate of drug-likeness (QED) is 0.812. The van der Waals surface area contributed by atoms with E-state index in [0.717, 1.165) is 12.5 Å². The Kier molecular flexibility index (Phi) is 4.22. The van der Waals surface area contributed by atoms with Gasteiger partial charge in [0.05, 0.1) is 0 Å². The van der Waals surface area contributed by atoms with Crippen LogP contribution in [0.3, 0.4) is 0 Å². The molecule has 1 aromatic rings. The van der Waals surface area contributed by atoms with Gasteiger partial charge < -0.3 is 5.32 Å². The summed E-state index contributed by atoms with van der Waals surface area (Å²) in [6.07, 6.45) is 5.17. The Morgan fingerprint density at radius 2 is 2.18 bits per heavy atom. The monoisotopic (exact) mass is 231 g/mol. The number of hydrogen-bond acceptors (Lipinski definition) is 1. The number of fused-ring (bicyclic) bond motifs is 1. The molecule has 2 rings (SSSR count). The molecule has 0 amide bonds. The molecule has 0 radical (unpaired) electrons. The van der Waals surface area contributed by atoms with Crippen molar-refractivity contribution in [2.24, 2.45) is 0 Å². The number of aryl methyl sites for hydroxylation is 2. The minimum atomic E-state index is 0.674. The van der Waals surface area contributed by atoms with Crippen LogP contribution in [-0.4, -0.2) is 12.6 Å². The molecule has 2 unspecified atom stereocenters. The van der Waals surface area contributed by atoms with E-state index in [1.807, 2.05) is 0 Å². The molecule has 1 nitrogen and oxygen atoms in total. The average molecular weight is 231 g/mol. The van der Waals surface area contributed by atoms with E-state index in [1.54, 1.807) is 11.1 Å². The number of rotatable bonds is 5. The van der Waals surface area contributed by atoms with Crippen molar-refractivity contribution in [3.05, 3.63) is 34.9 Å². The van der Waals surface area contributed by atoms with E-state index in [1.165, 1.54) is 31.2 Å². The van der Waals surface area contributed by atoms with Crippen molar-refractivity contribution >= 4 is 0 Å². The molecule has 1 aromatic carbocycles. The molecule has 1 aliphatic carbocycles. The van der Waals surface area contributed by atoms with Gasteiger partial charge in [0, 0.05) is 6.04 Å². The van der Waals surface area contributed by atoms with Gasteiger partial charge in [-0.15, -0.1) is 0 Å². The van der Waals surface area contributed by atoms with Crippen molar-refractivity contribution in [2.45, 2.75) is 58.4 Å². The minimum Gasteiger partial charge on any atom is -0.314 e. The Balaban J connectivity index is 2.21. The lowest BCUT2D eigenvalue weighted by atomic mass is 9.89. The topological polar surface area (TPSA) is 12.0 Å². The van der Waals surface area contributed by atoms with E-state index in [9.17, 15) is 0 Å². The number of hydrogen-bond donors (Lipinski definition) is 1. The van der Waals surface area contributed by atoms with Gasteiger partial charge >= 0.3 is 0 Å². The van der Waals surface area contributed by atoms with Gasteiger partial charge in [-0.25, -0.2) is 0 Å². The predicted molar refractivity (Wildman–Crippen MR) is 74.6 cm³/mol. The van der Waals surface area contributed by atoms with Gasteiger partial charge in [-0.3, -0.25) is 0 Å². The molecule has 0 spiro atoms. The Labute approximate surface area is 106 Å². The molecule has 1 heteroatoms. The van der Waals surface area contributed by atoms with Crippen LogP contribution in [0.1, 0.15) is 55.7 Å². The summed E-state index contributed by atoms with van der Waals surface area (Å²) in [7, 11) is 0. The van der Waals surface area contributed by atoms with Crippen molar-refractivity contribution in [1.82, 2.24) is 5.32 Å². The second-order valence-electron chi connectivity index (χ2n) is 5.30. The predicted octanol–water partition coefficient (Wildman–Crippen LogP) is 3.80. The first-order chi connectivity index (χ1) is 8.26. The first kappa shape index (κ1) is 12.6. The highest BCUT2D eigenvalue weighted by Crippen LogP contribution is 2.37. The molecule has 0 saturated heterocycles. The molecular weight excluding hydrogens is 206 g/mol. The van der Waals surface area contributed by atoms with Crippen molar-refractivity contribution < 1.29 is 0 Å². The highest BCUT2D eigenvalue weighted by atomic mass is 14.9. The van der Waals surface area contributed by atoms with E-state index in [4.69, 9.17) is 0 Å². The second kappa shape index (κ2) is 5.68. The van der Waals surface area contributed by atoms with E-state index in [0.29, 0.717) is 6.04 Å². The smallest absolute Gasteiger partial charge is 0.0136 e. The maximum atomic E-state index is 3.69. The summed E-state index contributed by atoms with van der Waals surface area (Å²) in [5, 5.41) is 3.69. The standard InChI is InChI=1S/C16H25N/c1-4-6-16(17-5-2)14-10-9-13-8-7-12(3)11-15(13)14/h7-8,11,14,16-17H,4-6,9-10H2,1-3H3. The fourth-order valence-corrected chi connectivity index (χ4v) is 3.19. The van der Waals surface area contributed by atoms with Crippen molar-refractivity contribution in [3.63, 3.8) is 0 Å². The van der Waals surface area contributed by atoms with Crippen LogP contribution in [0.4, 0.5) is 0 Å². The van der Waals surface area contributed by atoms with Gasteiger partial charge in [-0.05, 0) is 49.8 Å². The van der Waals surface area contributed by atoms with Gasteiger partial charge in [0.1, 0.15) is 0 Å². The van der Waals surface area contributed by atoms with Crippen molar-refractivity contribution in [3.8, 4) is 0 Å². The first-order valence-electron chi connectivity index (χ1n) is 7.09. The van der Waals surface area contributed by atoms with Crippen molar-refractivity contribution in [1.29, 1.82) is 0 Å². The molecular formula is C16H25N. The summed E-state index contributed by atoms with van der Waals surface area (Å²) in [4.78, 5) is 0. The van der Waals surface area contributed by atoms with Crippen LogP contribution < -0.4 is 5.32 Å². The third kappa shape index (κ3) is 2.71. The van der Waals surface area contributed by atoms with Crippen molar-refractivity contribution in [2.75, 3.05) is 6.54 Å².